The molecule has 3 amide bonds. The monoisotopic (exact) mass is 539 g/mol. The quantitative estimate of drug-likeness (QED) is 0.486. The Morgan fingerprint density at radius 3 is 2.50 bits per heavy atom. The number of halogens is 3. The summed E-state index contributed by atoms with van der Waals surface area (Å²) in [4.78, 5) is 51.5. The van der Waals surface area contributed by atoms with Crippen LogP contribution >= 0.6 is 11.6 Å². The average Bonchev–Trinajstić information content (AvgIpc) is 3.28. The Morgan fingerprint density at radius 1 is 1.08 bits per heavy atom. The van der Waals surface area contributed by atoms with Crippen molar-refractivity contribution >= 4 is 41.0 Å². The molecule has 38 heavy (non-hydrogen) atoms. The summed E-state index contributed by atoms with van der Waals surface area (Å²) in [7, 11) is 0. The number of carbonyl (C=O) groups excluding carboxylic acids is 3. The smallest absolute Gasteiger partial charge is 0.251 e. The van der Waals surface area contributed by atoms with Gasteiger partial charge in [-0.25, -0.2) is 18.7 Å². The molecule has 2 atom stereocenters. The maximum absolute atomic E-state index is 14.4. The summed E-state index contributed by atoms with van der Waals surface area (Å²) < 4.78 is 28.0. The molecule has 0 unspecified atom stereocenters. The maximum Gasteiger partial charge on any atom is 0.251 e. The normalized spacial score (nSPS) is 21.5. The lowest BCUT2D eigenvalue weighted by Crippen LogP contribution is -2.54. The SMILES string of the molecule is O=C(NC1CC(F)C1)[C@H](c1ccccc1Cl)N(C(=O)[C@@H]1CCC(=O)N1c1ncccn1)c1cccc(F)c1. The zero-order valence-corrected chi connectivity index (χ0v) is 20.9. The molecule has 8 nitrogen and oxygen atoms in total. The van der Waals surface area contributed by atoms with Crippen molar-refractivity contribution in [2.45, 2.75) is 50.0 Å². The zero-order chi connectivity index (χ0) is 26.8. The van der Waals surface area contributed by atoms with Crippen molar-refractivity contribution in [1.82, 2.24) is 15.3 Å². The number of hydrogen-bond donors (Lipinski definition) is 1. The molecule has 1 aromatic heterocycles. The van der Waals surface area contributed by atoms with E-state index in [0.717, 1.165) is 11.0 Å². The summed E-state index contributed by atoms with van der Waals surface area (Å²) in [6, 6.07) is 10.6. The molecule has 2 fully saturated rings. The molecule has 0 bridgehead atoms. The highest BCUT2D eigenvalue weighted by Gasteiger charge is 2.45. The predicted octanol–water partition coefficient (Wildman–Crippen LogP) is 4.16. The van der Waals surface area contributed by atoms with Crippen LogP contribution in [0.25, 0.3) is 0 Å². The van der Waals surface area contributed by atoms with Crippen molar-refractivity contribution in [1.29, 1.82) is 0 Å². The Labute approximate surface area is 222 Å². The van der Waals surface area contributed by atoms with Gasteiger partial charge in [0.1, 0.15) is 24.1 Å². The highest BCUT2D eigenvalue weighted by atomic mass is 35.5. The van der Waals surface area contributed by atoms with Gasteiger partial charge in [-0.1, -0.05) is 35.9 Å². The molecule has 1 aliphatic carbocycles. The fourth-order valence-electron chi connectivity index (χ4n) is 4.81. The summed E-state index contributed by atoms with van der Waals surface area (Å²) in [5.41, 5.74) is 0.396. The minimum Gasteiger partial charge on any atom is -0.351 e. The van der Waals surface area contributed by atoms with Gasteiger partial charge in [-0.15, -0.1) is 0 Å². The van der Waals surface area contributed by atoms with Gasteiger partial charge in [-0.2, -0.15) is 0 Å². The van der Waals surface area contributed by atoms with Crippen molar-refractivity contribution in [2.75, 3.05) is 9.80 Å². The van der Waals surface area contributed by atoms with Gasteiger partial charge in [0.2, 0.25) is 17.8 Å². The molecular weight excluding hydrogens is 516 g/mol. The van der Waals surface area contributed by atoms with Crippen molar-refractivity contribution in [2.24, 2.45) is 0 Å². The van der Waals surface area contributed by atoms with E-state index in [1.165, 1.54) is 35.5 Å². The summed E-state index contributed by atoms with van der Waals surface area (Å²) in [5.74, 6) is -2.15. The topological polar surface area (TPSA) is 95.5 Å². The van der Waals surface area contributed by atoms with E-state index in [2.05, 4.69) is 15.3 Å². The Morgan fingerprint density at radius 2 is 1.82 bits per heavy atom. The molecule has 1 saturated carbocycles. The third kappa shape index (κ3) is 5.08. The summed E-state index contributed by atoms with van der Waals surface area (Å²) in [5, 5.41) is 3.02. The van der Waals surface area contributed by atoms with E-state index in [-0.39, 0.29) is 48.2 Å². The van der Waals surface area contributed by atoms with Crippen LogP contribution in [0.1, 0.15) is 37.3 Å². The number of nitrogens with one attached hydrogen (secondary N) is 1. The Hall–Kier alpha value is -3.92. The van der Waals surface area contributed by atoms with Crippen LogP contribution in [0.5, 0.6) is 0 Å². The average molecular weight is 540 g/mol. The van der Waals surface area contributed by atoms with E-state index in [0.29, 0.717) is 5.56 Å². The molecular formula is C27H24ClF2N5O3. The number of alkyl halides is 1. The molecule has 1 saturated heterocycles. The summed E-state index contributed by atoms with van der Waals surface area (Å²) >= 11 is 6.51. The molecule has 0 radical (unpaired) electrons. The molecule has 196 valence electrons. The van der Waals surface area contributed by atoms with Gasteiger partial charge in [0.05, 0.1) is 0 Å². The van der Waals surface area contributed by atoms with Crippen LogP contribution in [-0.2, 0) is 14.4 Å². The highest BCUT2D eigenvalue weighted by Crippen LogP contribution is 2.36. The first-order chi connectivity index (χ1) is 18.3. The van der Waals surface area contributed by atoms with Gasteiger partial charge in [0.25, 0.3) is 5.91 Å². The number of aromatic nitrogens is 2. The van der Waals surface area contributed by atoms with Crippen LogP contribution in [0.2, 0.25) is 5.02 Å². The number of hydrogen-bond acceptors (Lipinski definition) is 5. The van der Waals surface area contributed by atoms with Crippen LogP contribution < -0.4 is 15.1 Å². The van der Waals surface area contributed by atoms with Gasteiger partial charge in [-0.05, 0) is 49.6 Å². The van der Waals surface area contributed by atoms with Gasteiger partial charge in [-0.3, -0.25) is 24.2 Å². The van der Waals surface area contributed by atoms with Gasteiger partial charge in [0.15, 0.2) is 0 Å². The second-order valence-electron chi connectivity index (χ2n) is 9.25. The Kier molecular flexibility index (Phi) is 7.33. The minimum absolute atomic E-state index is 0.0507. The maximum atomic E-state index is 14.4. The highest BCUT2D eigenvalue weighted by molar-refractivity contribution is 6.31. The number of rotatable bonds is 7. The first kappa shape index (κ1) is 25.7. The van der Waals surface area contributed by atoms with Crippen LogP contribution in [0.3, 0.4) is 0 Å². The Bertz CT molecular complexity index is 1360. The zero-order valence-electron chi connectivity index (χ0n) is 20.1. The lowest BCUT2D eigenvalue weighted by atomic mass is 9.90. The van der Waals surface area contributed by atoms with E-state index in [9.17, 15) is 23.2 Å². The van der Waals surface area contributed by atoms with Gasteiger partial charge >= 0.3 is 0 Å². The number of nitrogens with zero attached hydrogens (tertiary/aromatic N) is 4. The number of anilines is 2. The largest absolute Gasteiger partial charge is 0.351 e. The lowest BCUT2D eigenvalue weighted by molar-refractivity contribution is -0.128. The van der Waals surface area contributed by atoms with Crippen LogP contribution in [-0.4, -0.2) is 45.9 Å². The van der Waals surface area contributed by atoms with Gasteiger partial charge in [0, 0.05) is 41.1 Å². The van der Waals surface area contributed by atoms with Crippen LogP contribution in [0.15, 0.2) is 67.0 Å². The molecule has 5 rings (SSSR count). The second kappa shape index (κ2) is 10.8. The van der Waals surface area contributed by atoms with E-state index in [1.54, 1.807) is 30.3 Å². The fraction of sp³-hybridized carbons (Fsp3) is 0.296. The molecule has 1 N–H and O–H groups in total. The van der Waals surface area contributed by atoms with E-state index >= 15 is 0 Å². The van der Waals surface area contributed by atoms with Crippen molar-refractivity contribution in [3.63, 3.8) is 0 Å². The number of benzene rings is 2. The Balaban J connectivity index is 1.61. The predicted molar refractivity (Wildman–Crippen MR) is 137 cm³/mol. The molecule has 0 spiro atoms. The molecule has 11 heteroatoms. The van der Waals surface area contributed by atoms with Gasteiger partial charge < -0.3 is 5.32 Å². The molecule has 2 aliphatic rings. The number of carbonyl (C=O) groups is 3. The summed E-state index contributed by atoms with van der Waals surface area (Å²) in [6.07, 6.45) is 2.42. The fourth-order valence-corrected chi connectivity index (χ4v) is 5.05. The minimum atomic E-state index is -1.33. The number of amides is 3. The second-order valence-corrected chi connectivity index (χ2v) is 9.66. The molecule has 2 heterocycles. The lowest BCUT2D eigenvalue weighted by Gasteiger charge is -2.37. The van der Waals surface area contributed by atoms with Crippen molar-refractivity contribution < 1.29 is 23.2 Å². The molecule has 3 aromatic rings. The summed E-state index contributed by atoms with van der Waals surface area (Å²) in [6.45, 7) is 0. The van der Waals surface area contributed by atoms with E-state index in [4.69, 9.17) is 11.6 Å². The standard InChI is InChI=1S/C27H24ClF2N5O3/c28-21-8-2-1-7-20(21)24(25(37)33-18-13-17(30)14-18)34(19-6-3-5-16(29)15-19)26(38)22-9-10-23(36)35(22)27-31-11-4-12-32-27/h1-8,11-12,15,17-18,22,24H,9-10,13-14H2,(H,33,37)/t17?,18?,22-,24-/m0/s1. The third-order valence-electron chi connectivity index (χ3n) is 6.72. The first-order valence-electron chi connectivity index (χ1n) is 12.2. The van der Waals surface area contributed by atoms with Crippen LogP contribution in [0.4, 0.5) is 20.4 Å². The van der Waals surface area contributed by atoms with E-state index < -0.39 is 41.9 Å². The molecule has 2 aromatic carbocycles. The van der Waals surface area contributed by atoms with Crippen molar-refractivity contribution in [3.8, 4) is 0 Å². The van der Waals surface area contributed by atoms with Crippen LogP contribution in [0, 0.1) is 5.82 Å². The first-order valence-corrected chi connectivity index (χ1v) is 12.6. The van der Waals surface area contributed by atoms with Crippen molar-refractivity contribution in [3.05, 3.63) is 83.4 Å². The third-order valence-corrected chi connectivity index (χ3v) is 7.07. The molecule has 1 aliphatic heterocycles. The van der Waals surface area contributed by atoms with E-state index in [1.807, 2.05) is 0 Å².